The van der Waals surface area contributed by atoms with Gasteiger partial charge in [0.15, 0.2) is 0 Å². The summed E-state index contributed by atoms with van der Waals surface area (Å²) in [5.74, 6) is 3.01. The molecule has 1 spiro atoms. The molecule has 6 bridgehead atoms. The first kappa shape index (κ1) is 11.5. The summed E-state index contributed by atoms with van der Waals surface area (Å²) in [5, 5.41) is 21.2. The Kier molecular flexibility index (Phi) is 1.94. The molecule has 2 aliphatic heterocycles. The number of rotatable bonds is 0. The molecule has 3 heteroatoms. The van der Waals surface area contributed by atoms with E-state index in [4.69, 9.17) is 0 Å². The van der Waals surface area contributed by atoms with Crippen LogP contribution in [0.5, 0.6) is 0 Å². The third-order valence-electron chi connectivity index (χ3n) is 7.75. The first-order valence-electron chi connectivity index (χ1n) is 8.19. The van der Waals surface area contributed by atoms with Crippen molar-refractivity contribution in [2.24, 2.45) is 29.1 Å². The second-order valence-corrected chi connectivity index (χ2v) is 8.32. The maximum absolute atomic E-state index is 10.9. The average Bonchev–Trinajstić information content (AvgIpc) is 2.62. The van der Waals surface area contributed by atoms with Gasteiger partial charge in [0, 0.05) is 24.0 Å². The lowest BCUT2D eigenvalue weighted by molar-refractivity contribution is -0.195. The van der Waals surface area contributed by atoms with Crippen LogP contribution in [0.1, 0.15) is 39.0 Å². The minimum absolute atomic E-state index is 0.0422. The minimum atomic E-state index is -0.210. The smallest absolute Gasteiger partial charge is 0.0674 e. The second-order valence-electron chi connectivity index (χ2n) is 8.32. The largest absolute Gasteiger partial charge is 0.392 e. The molecule has 2 saturated heterocycles. The van der Waals surface area contributed by atoms with E-state index in [9.17, 15) is 10.2 Å². The summed E-state index contributed by atoms with van der Waals surface area (Å²) in [4.78, 5) is 2.62. The number of aliphatic hydroxyl groups is 2. The SMILES string of the molecule is C[C@@H]1C[C@@H]2C[C@@H](O)[C@@]34C[C@H](O)CN5C[C@@H]3C[C@@H]2[C@]54C1. The standard InChI is InChI=1S/C16H25NO2/c1-9-2-10-3-14(19)15-6-12(18)8-17-7-11(15)4-13(10)16(15,17)5-9/h9-14,18-19H,2-8H2,1H3/t9-,10-,11+,12+,13+,14-,15-,16+/m1/s1. The molecule has 0 aromatic heterocycles. The number of β-amino-alcohol motifs (C(OH)–C–C–N with tert-alkyl or cyclic N) is 1. The molecule has 5 aliphatic rings. The van der Waals surface area contributed by atoms with Gasteiger partial charge in [-0.1, -0.05) is 6.92 Å². The Morgan fingerprint density at radius 1 is 1.05 bits per heavy atom. The summed E-state index contributed by atoms with van der Waals surface area (Å²) < 4.78 is 0. The molecule has 5 rings (SSSR count). The Morgan fingerprint density at radius 2 is 1.89 bits per heavy atom. The Balaban J connectivity index is 1.73. The molecule has 0 aromatic carbocycles. The minimum Gasteiger partial charge on any atom is -0.392 e. The van der Waals surface area contributed by atoms with E-state index in [2.05, 4.69) is 11.8 Å². The molecule has 106 valence electrons. The van der Waals surface area contributed by atoms with Gasteiger partial charge in [0.2, 0.25) is 0 Å². The monoisotopic (exact) mass is 263 g/mol. The molecule has 2 N–H and O–H groups in total. The first-order valence-corrected chi connectivity index (χ1v) is 8.19. The molecule has 3 saturated carbocycles. The average molecular weight is 263 g/mol. The number of piperidine rings is 2. The van der Waals surface area contributed by atoms with Gasteiger partial charge in [-0.15, -0.1) is 0 Å². The number of hydrogen-bond acceptors (Lipinski definition) is 3. The van der Waals surface area contributed by atoms with Gasteiger partial charge in [0.05, 0.1) is 12.2 Å². The van der Waals surface area contributed by atoms with Crippen molar-refractivity contribution in [2.45, 2.75) is 56.8 Å². The molecule has 9 atom stereocenters. The summed E-state index contributed by atoms with van der Waals surface area (Å²) in [6.07, 6.45) is 5.43. The highest BCUT2D eigenvalue weighted by Gasteiger charge is 2.79. The highest BCUT2D eigenvalue weighted by Crippen LogP contribution is 2.75. The van der Waals surface area contributed by atoms with E-state index < -0.39 is 0 Å². The van der Waals surface area contributed by atoms with E-state index in [1.807, 2.05) is 0 Å². The van der Waals surface area contributed by atoms with Crippen LogP contribution in [0.3, 0.4) is 0 Å². The van der Waals surface area contributed by atoms with E-state index >= 15 is 0 Å². The lowest BCUT2D eigenvalue weighted by Crippen LogP contribution is -2.71. The van der Waals surface area contributed by atoms with Crippen LogP contribution < -0.4 is 0 Å². The fourth-order valence-corrected chi connectivity index (χ4v) is 7.70. The Labute approximate surface area is 115 Å². The zero-order valence-corrected chi connectivity index (χ0v) is 11.8. The zero-order valence-electron chi connectivity index (χ0n) is 11.8. The molecule has 0 amide bonds. The van der Waals surface area contributed by atoms with Crippen LogP contribution in [-0.2, 0) is 0 Å². The Bertz CT molecular complexity index is 440. The van der Waals surface area contributed by atoms with Crippen LogP contribution in [0.15, 0.2) is 0 Å². The first-order chi connectivity index (χ1) is 9.08. The highest BCUT2D eigenvalue weighted by atomic mass is 16.3. The lowest BCUT2D eigenvalue weighted by atomic mass is 9.48. The fraction of sp³-hybridized carbons (Fsp3) is 1.00. The summed E-state index contributed by atoms with van der Waals surface area (Å²) >= 11 is 0. The highest BCUT2D eigenvalue weighted by molar-refractivity contribution is 5.31. The molecule has 3 nitrogen and oxygen atoms in total. The van der Waals surface area contributed by atoms with Crippen LogP contribution in [0, 0.1) is 29.1 Å². The van der Waals surface area contributed by atoms with E-state index in [1.54, 1.807) is 0 Å². The number of hydrogen-bond donors (Lipinski definition) is 2. The summed E-state index contributed by atoms with van der Waals surface area (Å²) in [6.45, 7) is 4.41. The topological polar surface area (TPSA) is 43.7 Å². The van der Waals surface area contributed by atoms with E-state index in [0.717, 1.165) is 43.7 Å². The summed E-state index contributed by atoms with van der Waals surface area (Å²) in [6, 6.07) is 0. The molecule has 19 heavy (non-hydrogen) atoms. The van der Waals surface area contributed by atoms with Crippen molar-refractivity contribution in [3.8, 4) is 0 Å². The molecular formula is C16H25NO2. The van der Waals surface area contributed by atoms with Gasteiger partial charge in [-0.2, -0.15) is 0 Å². The Morgan fingerprint density at radius 3 is 2.74 bits per heavy atom. The number of aliphatic hydroxyl groups excluding tert-OH is 2. The second kappa shape index (κ2) is 3.20. The normalized spacial score (nSPS) is 69.3. The van der Waals surface area contributed by atoms with Gasteiger partial charge >= 0.3 is 0 Å². The van der Waals surface area contributed by atoms with Gasteiger partial charge in [-0.05, 0) is 55.8 Å². The predicted octanol–water partition coefficient (Wildman–Crippen LogP) is 1.24. The van der Waals surface area contributed by atoms with Crippen molar-refractivity contribution in [1.82, 2.24) is 4.90 Å². The quantitative estimate of drug-likeness (QED) is 0.691. The molecule has 1 unspecified atom stereocenters. The molecular weight excluding hydrogens is 238 g/mol. The van der Waals surface area contributed by atoms with Crippen molar-refractivity contribution < 1.29 is 10.2 Å². The zero-order chi connectivity index (χ0) is 13.0. The van der Waals surface area contributed by atoms with Gasteiger partial charge in [-0.25, -0.2) is 0 Å². The van der Waals surface area contributed by atoms with Gasteiger partial charge < -0.3 is 10.2 Å². The van der Waals surface area contributed by atoms with E-state index in [1.165, 1.54) is 19.3 Å². The molecule has 0 radical (unpaired) electrons. The summed E-state index contributed by atoms with van der Waals surface area (Å²) in [7, 11) is 0. The van der Waals surface area contributed by atoms with Gasteiger partial charge in [0.1, 0.15) is 0 Å². The molecule has 3 aliphatic carbocycles. The Hall–Kier alpha value is -0.120. The third-order valence-corrected chi connectivity index (χ3v) is 7.75. The molecule has 5 fully saturated rings. The molecule has 0 aromatic rings. The van der Waals surface area contributed by atoms with Crippen LogP contribution in [0.4, 0.5) is 0 Å². The maximum atomic E-state index is 10.9. The number of nitrogens with zero attached hydrogens (tertiary/aromatic N) is 1. The van der Waals surface area contributed by atoms with Crippen molar-refractivity contribution in [2.75, 3.05) is 13.1 Å². The maximum Gasteiger partial charge on any atom is 0.0674 e. The summed E-state index contributed by atoms with van der Waals surface area (Å²) in [5.41, 5.74) is 0.303. The lowest BCUT2D eigenvalue weighted by Gasteiger charge is -2.65. The predicted molar refractivity (Wildman–Crippen MR) is 71.5 cm³/mol. The van der Waals surface area contributed by atoms with Crippen molar-refractivity contribution in [3.63, 3.8) is 0 Å². The van der Waals surface area contributed by atoms with Crippen LogP contribution in [-0.4, -0.2) is 45.9 Å². The van der Waals surface area contributed by atoms with Gasteiger partial charge in [0.25, 0.3) is 0 Å². The molecule has 2 heterocycles. The van der Waals surface area contributed by atoms with Crippen LogP contribution in [0.2, 0.25) is 0 Å². The fourth-order valence-electron chi connectivity index (χ4n) is 7.70. The van der Waals surface area contributed by atoms with Crippen molar-refractivity contribution in [1.29, 1.82) is 0 Å². The third kappa shape index (κ3) is 1.01. The van der Waals surface area contributed by atoms with E-state index in [-0.39, 0.29) is 23.2 Å². The van der Waals surface area contributed by atoms with Crippen LogP contribution >= 0.6 is 0 Å². The van der Waals surface area contributed by atoms with Crippen molar-refractivity contribution >= 4 is 0 Å². The van der Waals surface area contributed by atoms with Crippen LogP contribution in [0.25, 0.3) is 0 Å². The van der Waals surface area contributed by atoms with E-state index in [0.29, 0.717) is 5.92 Å². The van der Waals surface area contributed by atoms with Gasteiger partial charge in [-0.3, -0.25) is 4.90 Å². The van der Waals surface area contributed by atoms with Crippen molar-refractivity contribution in [3.05, 3.63) is 0 Å².